The van der Waals surface area contributed by atoms with Crippen LogP contribution in [0.1, 0.15) is 6.23 Å². The molecule has 4 N–H and O–H groups in total. The van der Waals surface area contributed by atoms with Crippen LogP contribution in [0.4, 0.5) is 10.2 Å². The number of aromatic nitrogens is 2. The molecule has 0 bridgehead atoms. The van der Waals surface area contributed by atoms with Crippen molar-refractivity contribution in [3.63, 3.8) is 0 Å². The van der Waals surface area contributed by atoms with Crippen LogP contribution in [-0.2, 0) is 13.8 Å². The van der Waals surface area contributed by atoms with Crippen molar-refractivity contribution in [1.82, 2.24) is 9.55 Å². The molecule has 9 nitrogen and oxygen atoms in total. The van der Waals surface area contributed by atoms with E-state index in [0.29, 0.717) is 10.8 Å². The Labute approximate surface area is 132 Å². The van der Waals surface area contributed by atoms with E-state index in [4.69, 9.17) is 33.0 Å². The van der Waals surface area contributed by atoms with Gasteiger partial charge in [0.1, 0.15) is 18.3 Å². The number of nitrogens with zero attached hydrogens (tertiary/aromatic N) is 2. The first-order valence-electron chi connectivity index (χ1n) is 5.80. The van der Waals surface area contributed by atoms with Crippen LogP contribution >= 0.6 is 28.6 Å². The van der Waals surface area contributed by atoms with Crippen LogP contribution < -0.4 is 11.4 Å². The highest BCUT2D eigenvalue weighted by molar-refractivity contribution is 8.05. The molecule has 124 valence electrons. The molecular weight excluding hydrogens is 367 g/mol. The summed E-state index contributed by atoms with van der Waals surface area (Å²) in [5, 5.41) is 19.7. The van der Waals surface area contributed by atoms with Gasteiger partial charge in [0.2, 0.25) is 0 Å². The lowest BCUT2D eigenvalue weighted by Gasteiger charge is -2.17. The minimum Gasteiger partial charge on any atom is -0.387 e. The number of halogens is 3. The Morgan fingerprint density at radius 2 is 2.14 bits per heavy atom. The summed E-state index contributed by atoms with van der Waals surface area (Å²) < 4.78 is 34.8. The number of aliphatic hydroxyl groups is 2. The molecule has 0 amide bonds. The number of hydrogen-bond donors (Lipinski definition) is 3. The average Bonchev–Trinajstić information content (AvgIpc) is 2.68. The first-order valence-corrected chi connectivity index (χ1v) is 9.23. The van der Waals surface area contributed by atoms with E-state index in [-0.39, 0.29) is 0 Å². The fraction of sp³-hybridized carbons (Fsp3) is 0.556. The van der Waals surface area contributed by atoms with Crippen LogP contribution in [-0.4, -0.2) is 44.7 Å². The highest BCUT2D eigenvalue weighted by atomic mass is 35.9. The number of rotatable bonds is 4. The van der Waals surface area contributed by atoms with Gasteiger partial charge in [-0.05, 0) is 22.5 Å². The van der Waals surface area contributed by atoms with Gasteiger partial charge in [-0.1, -0.05) is 0 Å². The van der Waals surface area contributed by atoms with E-state index in [0.717, 1.165) is 0 Å². The fourth-order valence-electron chi connectivity index (χ4n) is 1.90. The molecule has 1 aromatic heterocycles. The van der Waals surface area contributed by atoms with Gasteiger partial charge in [-0.2, -0.15) is 4.98 Å². The van der Waals surface area contributed by atoms with Crippen LogP contribution in [0, 0.1) is 5.82 Å². The Kier molecular flexibility index (Phi) is 5.13. The van der Waals surface area contributed by atoms with E-state index in [9.17, 15) is 24.0 Å². The van der Waals surface area contributed by atoms with Crippen LogP contribution in [0.3, 0.4) is 0 Å². The third-order valence-corrected chi connectivity index (χ3v) is 3.97. The number of anilines is 1. The number of aliphatic hydroxyl groups excluding tert-OH is 2. The van der Waals surface area contributed by atoms with E-state index >= 15 is 0 Å². The fourth-order valence-corrected chi connectivity index (χ4v) is 2.56. The van der Waals surface area contributed by atoms with Crippen molar-refractivity contribution >= 4 is 34.4 Å². The minimum absolute atomic E-state index is 0.515. The van der Waals surface area contributed by atoms with Gasteiger partial charge in [0.25, 0.3) is 0 Å². The molecule has 1 saturated heterocycles. The molecule has 13 heteroatoms. The summed E-state index contributed by atoms with van der Waals surface area (Å²) in [6.45, 7) is -0.515. The monoisotopic (exact) mass is 377 g/mol. The minimum atomic E-state index is -3.87. The summed E-state index contributed by atoms with van der Waals surface area (Å²) in [4.78, 5) is 14.9. The molecule has 0 aromatic carbocycles. The molecule has 1 aromatic rings. The zero-order valence-electron chi connectivity index (χ0n) is 10.7. The Morgan fingerprint density at radius 1 is 1.50 bits per heavy atom. The quantitative estimate of drug-likeness (QED) is 0.632. The molecule has 0 aliphatic carbocycles. The van der Waals surface area contributed by atoms with Crippen molar-refractivity contribution < 1.29 is 28.4 Å². The van der Waals surface area contributed by atoms with E-state index < -0.39 is 54.5 Å². The van der Waals surface area contributed by atoms with Crippen LogP contribution in [0.25, 0.3) is 0 Å². The molecule has 0 radical (unpaired) electrons. The summed E-state index contributed by atoms with van der Waals surface area (Å²) in [7, 11) is 0. The second-order valence-electron chi connectivity index (χ2n) is 4.42. The van der Waals surface area contributed by atoms with Gasteiger partial charge in [-0.25, -0.2) is 9.18 Å². The second kappa shape index (κ2) is 6.40. The van der Waals surface area contributed by atoms with Crippen LogP contribution in [0.2, 0.25) is 0 Å². The lowest BCUT2D eigenvalue weighted by molar-refractivity contribution is -0.0510. The smallest absolute Gasteiger partial charge is 0.380 e. The largest absolute Gasteiger partial charge is 0.387 e. The van der Waals surface area contributed by atoms with Gasteiger partial charge in [0.05, 0.1) is 12.8 Å². The van der Waals surface area contributed by atoms with Crippen molar-refractivity contribution in [2.45, 2.75) is 24.5 Å². The molecule has 0 unspecified atom stereocenters. The third-order valence-electron chi connectivity index (χ3n) is 2.93. The van der Waals surface area contributed by atoms with Crippen molar-refractivity contribution in [2.75, 3.05) is 12.3 Å². The van der Waals surface area contributed by atoms with Gasteiger partial charge in [0, 0.05) is 0 Å². The van der Waals surface area contributed by atoms with Gasteiger partial charge in [0.15, 0.2) is 17.9 Å². The van der Waals surface area contributed by atoms with Gasteiger partial charge >= 0.3 is 11.8 Å². The first-order chi connectivity index (χ1) is 10.1. The summed E-state index contributed by atoms with van der Waals surface area (Å²) in [5.41, 5.74) is 4.15. The molecule has 22 heavy (non-hydrogen) atoms. The summed E-state index contributed by atoms with van der Waals surface area (Å²) in [5.74, 6) is -1.62. The van der Waals surface area contributed by atoms with E-state index in [2.05, 4.69) is 9.51 Å². The molecule has 2 heterocycles. The van der Waals surface area contributed by atoms with Crippen molar-refractivity contribution in [3.05, 3.63) is 22.5 Å². The number of ether oxygens (including phenoxy) is 1. The van der Waals surface area contributed by atoms with Crippen LogP contribution in [0.5, 0.6) is 0 Å². The molecule has 1 aliphatic rings. The summed E-state index contributed by atoms with van der Waals surface area (Å²) >= 11 is 10.4. The highest BCUT2D eigenvalue weighted by Gasteiger charge is 2.45. The SMILES string of the molecule is Nc1nc(=O)n([C@@H]2O[C@H](COP(=O)(Cl)Cl)[C@H](O)[C@@H]2O)cc1F. The summed E-state index contributed by atoms with van der Waals surface area (Å²) in [6.07, 6.45) is -8.93. The second-order valence-corrected chi connectivity index (χ2v) is 8.70. The van der Waals surface area contributed by atoms with Gasteiger partial charge in [-0.3, -0.25) is 9.13 Å². The maximum Gasteiger partial charge on any atom is 0.380 e. The number of hydrogen-bond acceptors (Lipinski definition) is 8. The standard InChI is InChI=1S/C9H11Cl2FN3O6P/c10-22(11,19)20-2-4-5(16)6(17)8(21-4)15-1-3(12)7(13)14-9(15)18/h1,4-6,8,16-17H,2H2,(H2,13,14,18)/t4-,5+,6+,8-/m1/s1. The van der Waals surface area contributed by atoms with Crippen molar-refractivity contribution in [3.8, 4) is 0 Å². The van der Waals surface area contributed by atoms with E-state index in [1.165, 1.54) is 0 Å². The molecule has 0 spiro atoms. The molecule has 0 saturated carbocycles. The zero-order chi connectivity index (χ0) is 16.7. The number of nitrogens with two attached hydrogens (primary N) is 1. The average molecular weight is 378 g/mol. The molecule has 1 fully saturated rings. The maximum atomic E-state index is 13.4. The maximum absolute atomic E-state index is 13.4. The molecular formula is C9H11Cl2FN3O6P. The molecule has 2 rings (SSSR count). The van der Waals surface area contributed by atoms with Gasteiger partial charge in [-0.15, -0.1) is 0 Å². The van der Waals surface area contributed by atoms with Crippen molar-refractivity contribution in [1.29, 1.82) is 0 Å². The van der Waals surface area contributed by atoms with Crippen molar-refractivity contribution in [2.24, 2.45) is 0 Å². The van der Waals surface area contributed by atoms with Crippen LogP contribution in [0.15, 0.2) is 11.0 Å². The predicted octanol–water partition coefficient (Wildman–Crippen LogP) is 0.186. The van der Waals surface area contributed by atoms with E-state index in [1.807, 2.05) is 0 Å². The lowest BCUT2D eigenvalue weighted by atomic mass is 10.1. The summed E-state index contributed by atoms with van der Waals surface area (Å²) in [6, 6.07) is 0. The third kappa shape index (κ3) is 3.77. The first kappa shape index (κ1) is 17.6. The molecule has 1 aliphatic heterocycles. The Hall–Kier alpha value is -0.740. The lowest BCUT2D eigenvalue weighted by Crippen LogP contribution is -2.36. The van der Waals surface area contributed by atoms with Gasteiger partial charge < -0.3 is 25.2 Å². The number of nitrogen functional groups attached to an aromatic ring is 1. The Balaban J connectivity index is 2.22. The highest BCUT2D eigenvalue weighted by Crippen LogP contribution is 2.57. The van der Waals surface area contributed by atoms with E-state index in [1.54, 1.807) is 0 Å². The molecule has 4 atom stereocenters. The zero-order valence-corrected chi connectivity index (χ0v) is 13.1. The Morgan fingerprint density at radius 3 is 2.73 bits per heavy atom. The Bertz CT molecular complexity index is 669. The predicted molar refractivity (Wildman–Crippen MR) is 74.1 cm³/mol. The normalized spacial score (nSPS) is 29.0. The topological polar surface area (TPSA) is 137 Å².